The zero-order valence-electron chi connectivity index (χ0n) is 17.2. The molecule has 0 heterocycles. The number of hydrazone groups is 1. The molecule has 0 aliphatic heterocycles. The first kappa shape index (κ1) is 20.2. The fourth-order valence-electron chi connectivity index (χ4n) is 3.43. The summed E-state index contributed by atoms with van der Waals surface area (Å²) in [6.45, 7) is 1.98. The van der Waals surface area contributed by atoms with Crippen molar-refractivity contribution in [2.45, 2.75) is 13.3 Å². The Balaban J connectivity index is 1.61. The third-order valence-corrected chi connectivity index (χ3v) is 5.14. The van der Waals surface area contributed by atoms with Crippen LogP contribution in [-0.2, 0) is 0 Å². The van der Waals surface area contributed by atoms with Crippen LogP contribution in [0.15, 0.2) is 102 Å². The van der Waals surface area contributed by atoms with Crippen molar-refractivity contribution in [3.8, 4) is 0 Å². The third-order valence-electron chi connectivity index (χ3n) is 5.14. The Morgan fingerprint density at radius 1 is 0.742 bits per heavy atom. The molecule has 0 aliphatic carbocycles. The zero-order valence-corrected chi connectivity index (χ0v) is 17.2. The molecule has 0 spiro atoms. The minimum atomic E-state index is -0.312. The second-order valence-corrected chi connectivity index (χ2v) is 7.36. The molecule has 4 aromatic rings. The Hall–Kier alpha value is -4.05. The average molecular weight is 406 g/mol. The van der Waals surface area contributed by atoms with Crippen LogP contribution in [0.1, 0.15) is 38.3 Å². The quantitative estimate of drug-likeness (QED) is 0.259. The molecule has 0 fully saturated rings. The van der Waals surface area contributed by atoms with E-state index in [9.17, 15) is 9.59 Å². The van der Waals surface area contributed by atoms with Gasteiger partial charge in [0.1, 0.15) is 0 Å². The minimum absolute atomic E-state index is 0.0537. The van der Waals surface area contributed by atoms with Crippen LogP contribution in [0.5, 0.6) is 0 Å². The summed E-state index contributed by atoms with van der Waals surface area (Å²) in [5, 5.41) is 6.20. The van der Waals surface area contributed by atoms with E-state index in [2.05, 4.69) is 10.5 Å². The first-order chi connectivity index (χ1) is 15.1. The lowest BCUT2D eigenvalue weighted by atomic mass is 10.0. The highest BCUT2D eigenvalue weighted by Crippen LogP contribution is 2.18. The van der Waals surface area contributed by atoms with Crippen molar-refractivity contribution in [1.29, 1.82) is 0 Å². The highest BCUT2D eigenvalue weighted by molar-refractivity contribution is 6.16. The summed E-state index contributed by atoms with van der Waals surface area (Å²) in [7, 11) is 0. The Bertz CT molecular complexity index is 1250. The van der Waals surface area contributed by atoms with Crippen molar-refractivity contribution >= 4 is 28.2 Å². The summed E-state index contributed by atoms with van der Waals surface area (Å²) in [5.74, 6) is -0.366. The summed E-state index contributed by atoms with van der Waals surface area (Å²) in [6.07, 6.45) is 0.0862. The van der Waals surface area contributed by atoms with Gasteiger partial charge in [-0.25, -0.2) is 5.43 Å². The van der Waals surface area contributed by atoms with Crippen LogP contribution in [0.25, 0.3) is 10.8 Å². The molecule has 4 aromatic carbocycles. The molecule has 0 saturated carbocycles. The number of Topliss-reactive ketones (excluding diaryl/α,β-unsaturated/α-hetero) is 1. The summed E-state index contributed by atoms with van der Waals surface area (Å²) < 4.78 is 0. The summed E-state index contributed by atoms with van der Waals surface area (Å²) in [5.41, 5.74) is 6.21. The second kappa shape index (κ2) is 9.18. The van der Waals surface area contributed by atoms with Crippen molar-refractivity contribution in [2.24, 2.45) is 5.10 Å². The number of nitrogens with one attached hydrogen (secondary N) is 1. The smallest absolute Gasteiger partial charge is 0.272 e. The van der Waals surface area contributed by atoms with Gasteiger partial charge >= 0.3 is 0 Å². The van der Waals surface area contributed by atoms with Gasteiger partial charge in [-0.2, -0.15) is 5.10 Å². The summed E-state index contributed by atoms with van der Waals surface area (Å²) in [6, 6.07) is 30.2. The molecule has 0 aliphatic rings. The molecule has 0 atom stereocenters. The maximum atomic E-state index is 12.9. The number of hydrogen-bond acceptors (Lipinski definition) is 3. The predicted octanol–water partition coefficient (Wildman–Crippen LogP) is 5.56. The van der Waals surface area contributed by atoms with E-state index in [1.165, 1.54) is 0 Å². The van der Waals surface area contributed by atoms with E-state index in [-0.39, 0.29) is 18.1 Å². The van der Waals surface area contributed by atoms with E-state index >= 15 is 0 Å². The van der Waals surface area contributed by atoms with Crippen LogP contribution in [0.2, 0.25) is 0 Å². The number of amides is 1. The number of benzene rings is 4. The molecule has 0 saturated heterocycles. The van der Waals surface area contributed by atoms with Crippen LogP contribution < -0.4 is 5.43 Å². The highest BCUT2D eigenvalue weighted by atomic mass is 16.2. The molecule has 1 N–H and O–H groups in total. The standard InChI is InChI=1S/C27H22N2O2/c1-19-14-16-22(17-15-19)26(30)18-25(21-9-3-2-4-10-21)28-29-27(31)24-13-7-11-20-8-5-6-12-23(20)24/h2-17H,18H2,1H3,(H,29,31)/b28-25+. The van der Waals surface area contributed by atoms with Crippen LogP contribution in [0.3, 0.4) is 0 Å². The number of rotatable bonds is 6. The van der Waals surface area contributed by atoms with Crippen LogP contribution in [0, 0.1) is 6.92 Å². The molecule has 0 bridgehead atoms. The monoisotopic (exact) mass is 406 g/mol. The number of carbonyl (C=O) groups is 2. The van der Waals surface area contributed by atoms with Gasteiger partial charge in [0.25, 0.3) is 5.91 Å². The van der Waals surface area contributed by atoms with Crippen molar-refractivity contribution in [3.63, 3.8) is 0 Å². The number of ketones is 1. The molecule has 4 heteroatoms. The summed E-state index contributed by atoms with van der Waals surface area (Å²) in [4.78, 5) is 25.7. The predicted molar refractivity (Wildman–Crippen MR) is 125 cm³/mol. The lowest BCUT2D eigenvalue weighted by molar-refractivity contribution is 0.0952. The molecular weight excluding hydrogens is 384 g/mol. The van der Waals surface area contributed by atoms with Crippen molar-refractivity contribution in [3.05, 3.63) is 119 Å². The number of carbonyl (C=O) groups excluding carboxylic acids is 2. The maximum Gasteiger partial charge on any atom is 0.272 e. The highest BCUT2D eigenvalue weighted by Gasteiger charge is 2.14. The Kier molecular flexibility index (Phi) is 5.99. The molecule has 4 nitrogen and oxygen atoms in total. The van der Waals surface area contributed by atoms with Gasteiger partial charge in [-0.15, -0.1) is 0 Å². The number of nitrogens with zero attached hydrogens (tertiary/aromatic N) is 1. The van der Waals surface area contributed by atoms with E-state index in [0.717, 1.165) is 21.9 Å². The maximum absolute atomic E-state index is 12.9. The molecular formula is C27H22N2O2. The van der Waals surface area contributed by atoms with E-state index in [1.807, 2.05) is 97.9 Å². The molecule has 0 radical (unpaired) electrons. The van der Waals surface area contributed by atoms with Crippen LogP contribution >= 0.6 is 0 Å². The first-order valence-electron chi connectivity index (χ1n) is 10.1. The number of fused-ring (bicyclic) bond motifs is 1. The molecule has 4 rings (SSSR count). The largest absolute Gasteiger partial charge is 0.294 e. The topological polar surface area (TPSA) is 58.5 Å². The minimum Gasteiger partial charge on any atom is -0.294 e. The number of aryl methyl sites for hydroxylation is 1. The first-order valence-corrected chi connectivity index (χ1v) is 10.1. The average Bonchev–Trinajstić information content (AvgIpc) is 2.82. The SMILES string of the molecule is Cc1ccc(C(=O)C/C(=N\NC(=O)c2cccc3ccccc23)c2ccccc2)cc1. The molecule has 31 heavy (non-hydrogen) atoms. The number of hydrogen-bond donors (Lipinski definition) is 1. The third kappa shape index (κ3) is 4.75. The van der Waals surface area contributed by atoms with Gasteiger partial charge in [0.05, 0.1) is 12.1 Å². The molecule has 0 aromatic heterocycles. The van der Waals surface area contributed by atoms with Gasteiger partial charge in [-0.1, -0.05) is 96.6 Å². The Morgan fingerprint density at radius 2 is 1.42 bits per heavy atom. The van der Waals surface area contributed by atoms with Crippen molar-refractivity contribution in [2.75, 3.05) is 0 Å². The Labute approximate surface area is 181 Å². The zero-order chi connectivity index (χ0) is 21.6. The normalized spacial score (nSPS) is 11.3. The van der Waals surface area contributed by atoms with Gasteiger partial charge in [0.15, 0.2) is 5.78 Å². The van der Waals surface area contributed by atoms with E-state index < -0.39 is 0 Å². The van der Waals surface area contributed by atoms with Crippen LogP contribution in [0.4, 0.5) is 0 Å². The van der Waals surface area contributed by atoms with Crippen LogP contribution in [-0.4, -0.2) is 17.4 Å². The van der Waals surface area contributed by atoms with Gasteiger partial charge in [0.2, 0.25) is 0 Å². The molecule has 0 unspecified atom stereocenters. The molecule has 1 amide bonds. The van der Waals surface area contributed by atoms with Crippen molar-refractivity contribution < 1.29 is 9.59 Å². The van der Waals surface area contributed by atoms with Crippen molar-refractivity contribution in [1.82, 2.24) is 5.43 Å². The van der Waals surface area contributed by atoms with Gasteiger partial charge in [-0.3, -0.25) is 9.59 Å². The second-order valence-electron chi connectivity index (χ2n) is 7.36. The van der Waals surface area contributed by atoms with E-state index in [4.69, 9.17) is 0 Å². The van der Waals surface area contributed by atoms with Gasteiger partial charge in [0, 0.05) is 11.1 Å². The van der Waals surface area contributed by atoms with Gasteiger partial charge < -0.3 is 0 Å². The molecule has 152 valence electrons. The lowest BCUT2D eigenvalue weighted by Gasteiger charge is -2.09. The Morgan fingerprint density at radius 3 is 2.19 bits per heavy atom. The fraction of sp³-hybridized carbons (Fsp3) is 0.0741. The van der Waals surface area contributed by atoms with E-state index in [0.29, 0.717) is 16.8 Å². The van der Waals surface area contributed by atoms with Gasteiger partial charge in [-0.05, 0) is 29.3 Å². The fourth-order valence-corrected chi connectivity index (χ4v) is 3.43. The van der Waals surface area contributed by atoms with E-state index in [1.54, 1.807) is 6.07 Å². The summed E-state index contributed by atoms with van der Waals surface area (Å²) >= 11 is 0. The lowest BCUT2D eigenvalue weighted by Crippen LogP contribution is -2.21.